The number of carbonyl (C=O) groups excluding carboxylic acids is 2. The molecule has 3 aliphatic rings. The summed E-state index contributed by atoms with van der Waals surface area (Å²) in [4.78, 5) is 53.0. The number of alkyl halides is 1. The van der Waals surface area contributed by atoms with Crippen LogP contribution in [0.1, 0.15) is 67.0 Å². The first-order valence-corrected chi connectivity index (χ1v) is 26.6. The van der Waals surface area contributed by atoms with Gasteiger partial charge in [0.25, 0.3) is 0 Å². The van der Waals surface area contributed by atoms with Gasteiger partial charge in [-0.25, -0.2) is 15.0 Å². The zero-order valence-electron chi connectivity index (χ0n) is 43.8. The van der Waals surface area contributed by atoms with Gasteiger partial charge in [-0.05, 0) is 105 Å². The molecule has 0 unspecified atom stereocenters. The minimum atomic E-state index is -0.0150. The first-order valence-electron chi connectivity index (χ1n) is 25.7. The van der Waals surface area contributed by atoms with Crippen molar-refractivity contribution in [1.82, 2.24) is 19.9 Å². The van der Waals surface area contributed by atoms with Crippen LogP contribution in [0.25, 0.3) is 32.7 Å². The van der Waals surface area contributed by atoms with Crippen molar-refractivity contribution >= 4 is 107 Å². The summed E-state index contributed by atoms with van der Waals surface area (Å²) in [5.74, 6) is 1.48. The largest absolute Gasteiger partial charge is 0.486 e. The van der Waals surface area contributed by atoms with Crippen LogP contribution in [0.15, 0.2) is 179 Å². The molecule has 0 saturated carbocycles. The molecule has 0 aliphatic carbocycles. The zero-order chi connectivity index (χ0) is 53.8. The van der Waals surface area contributed by atoms with Gasteiger partial charge in [0, 0.05) is 53.4 Å². The molecule has 9 aromatic rings. The number of benzene rings is 6. The number of amides is 1. The Morgan fingerprint density at radius 3 is 1.27 bits per heavy atom. The summed E-state index contributed by atoms with van der Waals surface area (Å²) in [6.07, 6.45) is 2.47. The van der Waals surface area contributed by atoms with Crippen LogP contribution >= 0.6 is 23.8 Å². The van der Waals surface area contributed by atoms with Crippen molar-refractivity contribution in [3.8, 4) is 11.5 Å². The number of ketones is 1. The van der Waals surface area contributed by atoms with Crippen LogP contribution < -0.4 is 9.47 Å². The number of halogens is 1. The number of ether oxygens (including phenoxy) is 2. The molecule has 0 saturated heterocycles. The van der Waals surface area contributed by atoms with E-state index in [2.05, 4.69) is 73.7 Å². The summed E-state index contributed by atoms with van der Waals surface area (Å²) in [6.45, 7) is 11.3. The number of Topliss-reactive ketones (excluding diaryl/α,β-unsaturated/α-hetero) is 1. The second-order valence-corrected chi connectivity index (χ2v) is 19.6. The minimum Gasteiger partial charge on any atom is -0.486 e. The number of hydrogen-bond acceptors (Lipinski definition) is 11. The fourth-order valence-electron chi connectivity index (χ4n) is 9.12. The van der Waals surface area contributed by atoms with Crippen molar-refractivity contribution in [2.75, 3.05) is 32.2 Å². The summed E-state index contributed by atoms with van der Waals surface area (Å²) < 4.78 is 11.4. The molecule has 11 nitrogen and oxygen atoms in total. The second-order valence-electron chi connectivity index (χ2n) is 18.7. The van der Waals surface area contributed by atoms with Gasteiger partial charge in [0.1, 0.15) is 41.6 Å². The van der Waals surface area contributed by atoms with Crippen molar-refractivity contribution in [2.45, 2.75) is 53.9 Å². The first kappa shape index (κ1) is 53.5. The minimum absolute atomic E-state index is 0.0150. The van der Waals surface area contributed by atoms with E-state index in [1.807, 2.05) is 118 Å². The molecule has 0 fully saturated rings. The molecule has 6 heterocycles. The van der Waals surface area contributed by atoms with E-state index in [9.17, 15) is 9.59 Å². The smallest absolute Gasteiger partial charge is 0.237 e. The lowest BCUT2D eigenvalue weighted by molar-refractivity contribution is -0.128. The average Bonchev–Trinajstić information content (AvgIpc) is 4.23. The Kier molecular flexibility index (Phi) is 17.4. The maximum absolute atomic E-state index is 11.2. The molecular weight excluding hydrogens is 998 g/mol. The third-order valence-corrected chi connectivity index (χ3v) is 13.4. The van der Waals surface area contributed by atoms with Gasteiger partial charge >= 0.3 is 0 Å². The molecule has 77 heavy (non-hydrogen) atoms. The molecule has 3 aromatic heterocycles. The second kappa shape index (κ2) is 25.0. The first-order chi connectivity index (χ1) is 37.5. The van der Waals surface area contributed by atoms with Crippen LogP contribution in [0.2, 0.25) is 0 Å². The molecule has 0 atom stereocenters. The number of aryl methyl sites for hydroxylation is 1. The van der Waals surface area contributed by atoms with E-state index in [1.54, 1.807) is 4.90 Å². The van der Waals surface area contributed by atoms with Crippen LogP contribution in [0, 0.1) is 6.92 Å². The summed E-state index contributed by atoms with van der Waals surface area (Å²) in [5, 5.41) is 3.22. The molecule has 0 N–H and O–H groups in total. The van der Waals surface area contributed by atoms with Gasteiger partial charge in [-0.2, -0.15) is 0 Å². The average molecular weight is 1060 g/mol. The highest BCUT2D eigenvalue weighted by Crippen LogP contribution is 2.33. The number of fused-ring (bicyclic) bond motifs is 6. The van der Waals surface area contributed by atoms with Gasteiger partial charge in [0.15, 0.2) is 5.78 Å². The predicted octanol–water partition coefficient (Wildman–Crippen LogP) is 13.9. The Morgan fingerprint density at radius 1 is 0.506 bits per heavy atom. The van der Waals surface area contributed by atoms with Crippen molar-refractivity contribution in [1.29, 1.82) is 0 Å². The van der Waals surface area contributed by atoms with E-state index in [4.69, 9.17) is 63.2 Å². The molecule has 6 aromatic carbocycles. The summed E-state index contributed by atoms with van der Waals surface area (Å²) in [5.41, 5.74) is 16.5. The monoisotopic (exact) mass is 1060 g/mol. The van der Waals surface area contributed by atoms with E-state index in [0.717, 1.165) is 122 Å². The lowest BCUT2D eigenvalue weighted by atomic mass is 10.1. The molecule has 3 aliphatic heterocycles. The summed E-state index contributed by atoms with van der Waals surface area (Å²) in [6, 6.07) is 54.9. The van der Waals surface area contributed by atoms with Crippen LogP contribution in [-0.4, -0.2) is 85.7 Å². The van der Waals surface area contributed by atoms with Gasteiger partial charge in [-0.15, -0.1) is 11.6 Å². The molecular formula is C64H58ClN7O4S. The van der Waals surface area contributed by atoms with E-state index in [0.29, 0.717) is 12.4 Å². The maximum atomic E-state index is 11.2. The van der Waals surface area contributed by atoms with Crippen LogP contribution in [0.3, 0.4) is 0 Å². The van der Waals surface area contributed by atoms with E-state index >= 15 is 0 Å². The molecule has 386 valence electrons. The molecule has 0 radical (unpaired) electrons. The fraction of sp³-hybridized carbons (Fsp3) is 0.203. The van der Waals surface area contributed by atoms with Crippen LogP contribution in [-0.2, 0) is 28.9 Å². The van der Waals surface area contributed by atoms with Gasteiger partial charge in [0.05, 0.1) is 56.8 Å². The molecule has 0 spiro atoms. The standard InChI is InChI=1S/C20H16N2O2.C20H16N2OS.C18H14N2.C6H12ClNO/c1-13(23)12-24-19-8-4-6-14-9-10-17(22-20(14)19)18-11-15-5-2-3-7-16(15)21-18;1-13(24)12-23-19-8-4-6-14-9-10-17(22-20(14)19)18-11-15-5-2-3-7-16(15)21-18;1-12-5-4-7-13-9-10-16(20-18(12)13)17-11-14-6-2-3-8-15(14)19-17;1-3-8(4-2)6(9)5-7/h2*2-10H,11-12H2,1H3;2-10H,11H2,1H3;3-5H2,1-2H3. The van der Waals surface area contributed by atoms with E-state index in [1.165, 1.54) is 34.6 Å². The van der Waals surface area contributed by atoms with Crippen molar-refractivity contribution in [3.63, 3.8) is 0 Å². The summed E-state index contributed by atoms with van der Waals surface area (Å²) in [7, 11) is 0. The molecule has 1 amide bonds. The number of thiocarbonyl (C=S) groups is 1. The van der Waals surface area contributed by atoms with E-state index in [-0.39, 0.29) is 24.2 Å². The van der Waals surface area contributed by atoms with E-state index < -0.39 is 0 Å². The number of pyridine rings is 3. The predicted molar refractivity (Wildman–Crippen MR) is 318 cm³/mol. The topological polar surface area (TPSA) is 132 Å². The Bertz CT molecular complexity index is 3620. The van der Waals surface area contributed by atoms with Crippen molar-refractivity contribution in [3.05, 3.63) is 203 Å². The van der Waals surface area contributed by atoms with Gasteiger partial charge < -0.3 is 14.4 Å². The van der Waals surface area contributed by atoms with Crippen molar-refractivity contribution < 1.29 is 19.1 Å². The lowest BCUT2D eigenvalue weighted by Gasteiger charge is -2.16. The Balaban J connectivity index is 0.000000131. The van der Waals surface area contributed by atoms with Gasteiger partial charge in [-0.3, -0.25) is 24.6 Å². The summed E-state index contributed by atoms with van der Waals surface area (Å²) >= 11 is 10.4. The molecule has 0 bridgehead atoms. The van der Waals surface area contributed by atoms with Crippen molar-refractivity contribution in [2.24, 2.45) is 15.0 Å². The van der Waals surface area contributed by atoms with Crippen LogP contribution in [0.4, 0.5) is 17.1 Å². The lowest BCUT2D eigenvalue weighted by Crippen LogP contribution is -2.31. The van der Waals surface area contributed by atoms with Crippen LogP contribution in [0.5, 0.6) is 11.5 Å². The fourth-order valence-corrected chi connectivity index (χ4v) is 9.35. The number of para-hydroxylation sites is 6. The highest BCUT2D eigenvalue weighted by molar-refractivity contribution is 7.80. The number of carbonyl (C=O) groups is 2. The highest BCUT2D eigenvalue weighted by Gasteiger charge is 2.20. The highest BCUT2D eigenvalue weighted by atomic mass is 35.5. The Labute approximate surface area is 459 Å². The Hall–Kier alpha value is -8.32. The van der Waals surface area contributed by atoms with Gasteiger partial charge in [-0.1, -0.05) is 127 Å². The van der Waals surface area contributed by atoms with Gasteiger partial charge in [0.2, 0.25) is 5.91 Å². The molecule has 12 rings (SSSR count). The number of aromatic nitrogens is 3. The SMILES string of the molecule is CC(=O)COc1cccc2ccc(C3=Nc4ccccc4C3)nc12.CC(=S)COc1cccc2ccc(C3=Nc4ccccc4C3)nc12.CCN(CC)C(=O)CCl.Cc1cccc2ccc(C3=Nc4ccccc4C3)nc12. The third-order valence-electron chi connectivity index (χ3n) is 13.1. The quantitative estimate of drug-likeness (QED) is 0.0873. The zero-order valence-corrected chi connectivity index (χ0v) is 45.4. The number of hydrogen-bond donors (Lipinski definition) is 0. The molecule has 13 heteroatoms. The number of nitrogens with zero attached hydrogens (tertiary/aromatic N) is 7. The Morgan fingerprint density at radius 2 is 0.896 bits per heavy atom. The number of aliphatic imine (C=N–C) groups is 3. The maximum Gasteiger partial charge on any atom is 0.237 e. The normalized spacial score (nSPS) is 12.5. The third kappa shape index (κ3) is 13.0. The number of rotatable bonds is 12.